The smallest absolute Gasteiger partial charge is 0.243 e. The molecule has 25 heavy (non-hydrogen) atoms. The van der Waals surface area contributed by atoms with E-state index in [1.807, 2.05) is 26.8 Å². The lowest BCUT2D eigenvalue weighted by atomic mass is 10.2. The van der Waals surface area contributed by atoms with Crippen LogP contribution in [0.25, 0.3) is 0 Å². The molecule has 0 radical (unpaired) electrons. The molecule has 2 heterocycles. The first-order chi connectivity index (χ1) is 11.8. The highest BCUT2D eigenvalue weighted by Gasteiger charge is 2.29. The normalized spacial score (nSPS) is 16.2. The fourth-order valence-corrected chi connectivity index (χ4v) is 4.70. The minimum Gasteiger partial charge on any atom is -0.354 e. The van der Waals surface area contributed by atoms with Gasteiger partial charge in [0.2, 0.25) is 10.0 Å². The van der Waals surface area contributed by atoms with Crippen molar-refractivity contribution in [1.82, 2.24) is 14.3 Å². The zero-order chi connectivity index (χ0) is 18.2. The van der Waals surface area contributed by atoms with Crippen molar-refractivity contribution in [2.24, 2.45) is 0 Å². The second kappa shape index (κ2) is 7.01. The number of rotatable bonds is 3. The number of halogens is 1. The standard InChI is InChI=1S/C17H21BrN4O2S/c1-12-10-15(4-5-16(12)18)25(23,24)22-8-6-21(7-9-22)17-11-13(2)19-14(3)20-17/h4-5,10-11H,6-9H2,1-3H3. The lowest BCUT2D eigenvalue weighted by molar-refractivity contribution is 0.383. The Balaban J connectivity index is 1.76. The van der Waals surface area contributed by atoms with E-state index in [9.17, 15) is 8.42 Å². The molecule has 0 aliphatic carbocycles. The Morgan fingerprint density at radius 1 is 1.00 bits per heavy atom. The number of hydrogen-bond donors (Lipinski definition) is 0. The molecule has 0 N–H and O–H groups in total. The van der Waals surface area contributed by atoms with Crippen LogP contribution in [-0.4, -0.2) is 48.9 Å². The predicted molar refractivity (Wildman–Crippen MR) is 101 cm³/mol. The Morgan fingerprint density at radius 2 is 1.68 bits per heavy atom. The molecule has 0 unspecified atom stereocenters. The number of anilines is 1. The van der Waals surface area contributed by atoms with Gasteiger partial charge in [0, 0.05) is 42.4 Å². The molecule has 2 aromatic rings. The van der Waals surface area contributed by atoms with E-state index in [2.05, 4.69) is 30.8 Å². The van der Waals surface area contributed by atoms with Gasteiger partial charge in [-0.3, -0.25) is 0 Å². The van der Waals surface area contributed by atoms with E-state index < -0.39 is 10.0 Å². The third kappa shape index (κ3) is 3.86. The lowest BCUT2D eigenvalue weighted by Crippen LogP contribution is -2.49. The van der Waals surface area contributed by atoms with Crippen LogP contribution in [-0.2, 0) is 10.0 Å². The SMILES string of the molecule is Cc1cc(N2CCN(S(=O)(=O)c3ccc(Br)c(C)c3)CC2)nc(C)n1. The van der Waals surface area contributed by atoms with Crippen molar-refractivity contribution in [3.8, 4) is 0 Å². The molecule has 1 aromatic heterocycles. The maximum atomic E-state index is 12.9. The number of piperazine rings is 1. The summed E-state index contributed by atoms with van der Waals surface area (Å²) in [6.07, 6.45) is 0. The summed E-state index contributed by atoms with van der Waals surface area (Å²) in [6, 6.07) is 7.08. The minimum absolute atomic E-state index is 0.343. The topological polar surface area (TPSA) is 66.4 Å². The zero-order valence-corrected chi connectivity index (χ0v) is 16.9. The summed E-state index contributed by atoms with van der Waals surface area (Å²) in [6.45, 7) is 7.82. The van der Waals surface area contributed by atoms with Crippen LogP contribution in [0, 0.1) is 20.8 Å². The van der Waals surface area contributed by atoms with E-state index >= 15 is 0 Å². The van der Waals surface area contributed by atoms with E-state index in [1.165, 1.54) is 0 Å². The first-order valence-electron chi connectivity index (χ1n) is 8.11. The molecule has 8 heteroatoms. The summed E-state index contributed by atoms with van der Waals surface area (Å²) >= 11 is 3.41. The van der Waals surface area contributed by atoms with Crippen LogP contribution in [0.5, 0.6) is 0 Å². The molecular formula is C17H21BrN4O2S. The average molecular weight is 425 g/mol. The van der Waals surface area contributed by atoms with Gasteiger partial charge in [-0.25, -0.2) is 18.4 Å². The van der Waals surface area contributed by atoms with Gasteiger partial charge in [-0.05, 0) is 44.5 Å². The molecule has 0 atom stereocenters. The Kier molecular flexibility index (Phi) is 5.13. The zero-order valence-electron chi connectivity index (χ0n) is 14.5. The second-order valence-corrected chi connectivity index (χ2v) is 9.01. The Bertz CT molecular complexity index is 873. The van der Waals surface area contributed by atoms with Crippen LogP contribution in [0.2, 0.25) is 0 Å². The summed E-state index contributed by atoms with van der Waals surface area (Å²) in [7, 11) is -3.47. The van der Waals surface area contributed by atoms with Crippen LogP contribution in [0.1, 0.15) is 17.1 Å². The Labute approximate surface area is 157 Å². The summed E-state index contributed by atoms with van der Waals surface area (Å²) in [4.78, 5) is 11.2. The molecule has 1 aliphatic rings. The van der Waals surface area contributed by atoms with Crippen molar-refractivity contribution in [2.75, 3.05) is 31.1 Å². The number of hydrogen-bond acceptors (Lipinski definition) is 5. The molecule has 6 nitrogen and oxygen atoms in total. The number of aromatic nitrogens is 2. The van der Waals surface area contributed by atoms with E-state index in [0.717, 1.165) is 27.4 Å². The van der Waals surface area contributed by atoms with Crippen LogP contribution < -0.4 is 4.90 Å². The molecule has 0 amide bonds. The second-order valence-electron chi connectivity index (χ2n) is 6.22. The minimum atomic E-state index is -3.47. The molecule has 0 bridgehead atoms. The third-order valence-corrected chi connectivity index (χ3v) is 7.07. The van der Waals surface area contributed by atoms with Gasteiger partial charge in [0.1, 0.15) is 11.6 Å². The molecule has 0 spiro atoms. The monoisotopic (exact) mass is 424 g/mol. The van der Waals surface area contributed by atoms with Gasteiger partial charge in [0.05, 0.1) is 4.90 Å². The fraction of sp³-hybridized carbons (Fsp3) is 0.412. The number of nitrogens with zero attached hydrogens (tertiary/aromatic N) is 4. The van der Waals surface area contributed by atoms with E-state index in [4.69, 9.17) is 0 Å². The molecular weight excluding hydrogens is 404 g/mol. The highest BCUT2D eigenvalue weighted by atomic mass is 79.9. The van der Waals surface area contributed by atoms with Crippen LogP contribution in [0.4, 0.5) is 5.82 Å². The van der Waals surface area contributed by atoms with Gasteiger partial charge < -0.3 is 4.90 Å². The van der Waals surface area contributed by atoms with Gasteiger partial charge in [0.15, 0.2) is 0 Å². The van der Waals surface area contributed by atoms with Crippen LogP contribution >= 0.6 is 15.9 Å². The quantitative estimate of drug-likeness (QED) is 0.757. The van der Waals surface area contributed by atoms with Crippen molar-refractivity contribution in [2.45, 2.75) is 25.7 Å². The molecule has 1 fully saturated rings. The summed E-state index contributed by atoms with van der Waals surface area (Å²) in [5.41, 5.74) is 1.83. The van der Waals surface area contributed by atoms with Gasteiger partial charge >= 0.3 is 0 Å². The average Bonchev–Trinajstić information content (AvgIpc) is 2.56. The maximum absolute atomic E-state index is 12.9. The highest BCUT2D eigenvalue weighted by Crippen LogP contribution is 2.24. The van der Waals surface area contributed by atoms with Crippen molar-refractivity contribution in [3.63, 3.8) is 0 Å². The number of sulfonamides is 1. The van der Waals surface area contributed by atoms with E-state index in [1.54, 1.807) is 22.5 Å². The van der Waals surface area contributed by atoms with E-state index in [-0.39, 0.29) is 0 Å². The molecule has 1 aliphatic heterocycles. The summed E-state index contributed by atoms with van der Waals surface area (Å²) < 4.78 is 28.2. The van der Waals surface area contributed by atoms with Crippen LogP contribution in [0.3, 0.4) is 0 Å². The first kappa shape index (κ1) is 18.3. The Hall–Kier alpha value is -1.51. The molecule has 0 saturated carbocycles. The lowest BCUT2D eigenvalue weighted by Gasteiger charge is -2.34. The summed E-state index contributed by atoms with van der Waals surface area (Å²) in [5.74, 6) is 1.59. The molecule has 134 valence electrons. The van der Waals surface area contributed by atoms with Crippen molar-refractivity contribution in [3.05, 3.63) is 45.8 Å². The predicted octanol–water partition coefficient (Wildman–Crippen LogP) is 2.68. The van der Waals surface area contributed by atoms with Gasteiger partial charge in [0.25, 0.3) is 0 Å². The molecule has 1 aromatic carbocycles. The fourth-order valence-electron chi connectivity index (χ4n) is 2.94. The number of aryl methyl sites for hydroxylation is 3. The number of benzene rings is 1. The largest absolute Gasteiger partial charge is 0.354 e. The maximum Gasteiger partial charge on any atom is 0.243 e. The molecule has 3 rings (SSSR count). The Morgan fingerprint density at radius 3 is 2.28 bits per heavy atom. The molecule has 1 saturated heterocycles. The van der Waals surface area contributed by atoms with Gasteiger partial charge in [-0.2, -0.15) is 4.31 Å². The van der Waals surface area contributed by atoms with Crippen molar-refractivity contribution < 1.29 is 8.42 Å². The first-order valence-corrected chi connectivity index (χ1v) is 10.3. The van der Waals surface area contributed by atoms with Crippen molar-refractivity contribution >= 4 is 31.8 Å². The van der Waals surface area contributed by atoms with E-state index in [0.29, 0.717) is 31.1 Å². The van der Waals surface area contributed by atoms with Gasteiger partial charge in [-0.15, -0.1) is 0 Å². The summed E-state index contributed by atoms with van der Waals surface area (Å²) in [5, 5.41) is 0. The van der Waals surface area contributed by atoms with Crippen LogP contribution in [0.15, 0.2) is 33.6 Å². The third-order valence-electron chi connectivity index (χ3n) is 4.28. The van der Waals surface area contributed by atoms with Gasteiger partial charge in [-0.1, -0.05) is 15.9 Å². The van der Waals surface area contributed by atoms with Crippen molar-refractivity contribution in [1.29, 1.82) is 0 Å². The highest BCUT2D eigenvalue weighted by molar-refractivity contribution is 9.10.